The number of ether oxygens (including phenoxy) is 4. The lowest BCUT2D eigenvalue weighted by atomic mass is 10.1. The Labute approximate surface area is 193 Å². The number of nitrogens with two attached hydrogens (primary N) is 1. The number of benzene rings is 2. The number of nitro benzene ring substituents is 2. The maximum absolute atomic E-state index is 11.1. The van der Waals surface area contributed by atoms with Gasteiger partial charge in [-0.3, -0.25) is 25.0 Å². The normalized spacial score (nSPS) is 9.12. The summed E-state index contributed by atoms with van der Waals surface area (Å²) in [7, 11) is 5.36. The van der Waals surface area contributed by atoms with E-state index >= 15 is 0 Å². The van der Waals surface area contributed by atoms with Crippen LogP contribution >= 0.6 is 11.6 Å². The van der Waals surface area contributed by atoms with Crippen LogP contribution in [0.1, 0.15) is 5.56 Å². The van der Waals surface area contributed by atoms with Gasteiger partial charge in [0.05, 0.1) is 50.4 Å². The van der Waals surface area contributed by atoms with Crippen LogP contribution in [-0.2, 0) is 20.7 Å². The number of rotatable bonds is 6. The van der Waals surface area contributed by atoms with Gasteiger partial charge in [-0.05, 0) is 12.1 Å². The smallest absolute Gasteiger partial charge is 0.403 e. The van der Waals surface area contributed by atoms with Crippen molar-refractivity contribution in [1.29, 1.82) is 0 Å². The van der Waals surface area contributed by atoms with Crippen LogP contribution in [0.25, 0.3) is 0 Å². The van der Waals surface area contributed by atoms with Crippen LogP contribution in [0, 0.1) is 20.2 Å². The fourth-order valence-electron chi connectivity index (χ4n) is 2.08. The van der Waals surface area contributed by atoms with Crippen LogP contribution in [0.2, 0.25) is 0 Å². The molecule has 0 aliphatic rings. The minimum atomic E-state index is -0.773. The maximum atomic E-state index is 11.1. The summed E-state index contributed by atoms with van der Waals surface area (Å²) >= 11 is 4.60. The summed E-state index contributed by atoms with van der Waals surface area (Å²) in [5.41, 5.74) is 5.25. The second kappa shape index (κ2) is 14.8. The molecule has 14 heteroatoms. The van der Waals surface area contributed by atoms with Gasteiger partial charge in [0.2, 0.25) is 0 Å². The number of nitro groups is 2. The van der Waals surface area contributed by atoms with E-state index in [1.165, 1.54) is 64.8 Å². The average molecular weight is 488 g/mol. The number of hydrogen-bond acceptors (Lipinski definition) is 11. The fraction of sp³-hybridized carbons (Fsp3) is 0.263. The van der Waals surface area contributed by atoms with Crippen molar-refractivity contribution in [1.82, 2.24) is 0 Å². The van der Waals surface area contributed by atoms with Gasteiger partial charge in [-0.1, -0.05) is 0 Å². The van der Waals surface area contributed by atoms with E-state index in [0.29, 0.717) is 17.1 Å². The highest BCUT2D eigenvalue weighted by atomic mass is 35.5. The molecule has 0 fully saturated rings. The molecule has 180 valence electrons. The molecule has 0 aliphatic heterocycles. The predicted octanol–water partition coefficient (Wildman–Crippen LogP) is 3.50. The Balaban J connectivity index is 0.000000530. The third kappa shape index (κ3) is 10.6. The molecule has 2 N–H and O–H groups in total. The Kier molecular flexibility index (Phi) is 12.9. The molecule has 0 radical (unpaired) electrons. The highest BCUT2D eigenvalue weighted by molar-refractivity contribution is 6.61. The molecule has 0 atom stereocenters. The molecule has 0 amide bonds. The molecular formula is C19H22ClN3O10. The van der Waals surface area contributed by atoms with Crippen molar-refractivity contribution < 1.29 is 38.4 Å². The number of non-ortho nitro benzene ring substituents is 2. The summed E-state index contributed by atoms with van der Waals surface area (Å²) in [6.45, 7) is 0. The van der Waals surface area contributed by atoms with Crippen molar-refractivity contribution in [2.45, 2.75) is 6.42 Å². The average Bonchev–Trinajstić information content (AvgIpc) is 2.79. The third-order valence-electron chi connectivity index (χ3n) is 3.62. The van der Waals surface area contributed by atoms with Gasteiger partial charge in [0, 0.05) is 41.4 Å². The zero-order valence-electron chi connectivity index (χ0n) is 18.1. The van der Waals surface area contributed by atoms with E-state index in [1.54, 1.807) is 0 Å². The summed E-state index contributed by atoms with van der Waals surface area (Å²) in [4.78, 5) is 40.2. The molecule has 0 spiro atoms. The standard InChI is InChI=1S/C10H11NO5.C7H8N2O3.C2H3ClO2/c1-15-9-4-3-8(11(13)14)5-7(9)6-10(12)16-2;1-12-7-3-2-5(9(10)11)4-6(7)8;1-5-2(3)4/h3-5H,6H2,1-2H3;2-4H,8H2,1H3;1H3. The number of hydrogen-bond donors (Lipinski definition) is 1. The number of methoxy groups -OCH3 is 4. The van der Waals surface area contributed by atoms with E-state index in [0.717, 1.165) is 0 Å². The Hall–Kier alpha value is -4.13. The van der Waals surface area contributed by atoms with E-state index in [9.17, 15) is 29.8 Å². The number of nitrogen functional groups attached to an aromatic ring is 1. The molecule has 2 aromatic rings. The lowest BCUT2D eigenvalue weighted by Gasteiger charge is -2.06. The predicted molar refractivity (Wildman–Crippen MR) is 118 cm³/mol. The minimum Gasteiger partial charge on any atom is -0.496 e. The monoisotopic (exact) mass is 487 g/mol. The largest absolute Gasteiger partial charge is 0.496 e. The molecule has 13 nitrogen and oxygen atoms in total. The first-order valence-corrected chi connectivity index (χ1v) is 9.07. The highest BCUT2D eigenvalue weighted by Crippen LogP contribution is 2.26. The first kappa shape index (κ1) is 28.9. The summed E-state index contributed by atoms with van der Waals surface area (Å²) < 4.78 is 18.2. The van der Waals surface area contributed by atoms with Gasteiger partial charge in [0.15, 0.2) is 0 Å². The Morgan fingerprint density at radius 1 is 0.879 bits per heavy atom. The van der Waals surface area contributed by atoms with Gasteiger partial charge in [0.25, 0.3) is 11.4 Å². The number of carbonyl (C=O) groups excluding carboxylic acids is 2. The first-order chi connectivity index (χ1) is 15.5. The van der Waals surface area contributed by atoms with Gasteiger partial charge in [-0.15, -0.1) is 0 Å². The number of nitrogens with zero attached hydrogens (tertiary/aromatic N) is 2. The topological polar surface area (TPSA) is 183 Å². The molecule has 0 saturated carbocycles. The maximum Gasteiger partial charge on any atom is 0.403 e. The number of halogens is 1. The molecule has 0 aliphatic carbocycles. The summed E-state index contributed by atoms with van der Waals surface area (Å²) in [5.74, 6) is 0.399. The quantitative estimate of drug-likeness (QED) is 0.207. The fourth-order valence-corrected chi connectivity index (χ4v) is 2.08. The molecule has 0 bridgehead atoms. The van der Waals surface area contributed by atoms with Crippen molar-refractivity contribution in [3.8, 4) is 11.5 Å². The van der Waals surface area contributed by atoms with Crippen LogP contribution in [0.3, 0.4) is 0 Å². The zero-order chi connectivity index (χ0) is 25.6. The zero-order valence-corrected chi connectivity index (χ0v) is 18.9. The van der Waals surface area contributed by atoms with Crippen molar-refractivity contribution >= 4 is 40.1 Å². The number of carbonyl (C=O) groups is 2. The van der Waals surface area contributed by atoms with E-state index in [2.05, 4.69) is 21.1 Å². The van der Waals surface area contributed by atoms with Crippen LogP contribution in [0.15, 0.2) is 36.4 Å². The Morgan fingerprint density at radius 2 is 1.33 bits per heavy atom. The molecule has 33 heavy (non-hydrogen) atoms. The van der Waals surface area contributed by atoms with E-state index < -0.39 is 21.2 Å². The SMILES string of the molecule is COC(=O)Cc1cc([N+](=O)[O-])ccc1OC.COC(=O)Cl.COc1ccc([N+](=O)[O-])cc1N. The van der Waals surface area contributed by atoms with Gasteiger partial charge in [0.1, 0.15) is 11.5 Å². The molecular weight excluding hydrogens is 466 g/mol. The van der Waals surface area contributed by atoms with Gasteiger partial charge >= 0.3 is 11.4 Å². The number of anilines is 1. The van der Waals surface area contributed by atoms with Crippen LogP contribution in [0.5, 0.6) is 11.5 Å². The second-order valence-corrected chi connectivity index (χ2v) is 5.94. The van der Waals surface area contributed by atoms with Crippen LogP contribution < -0.4 is 15.2 Å². The molecule has 0 aromatic heterocycles. The summed E-state index contributed by atoms with van der Waals surface area (Å²) in [6.07, 6.45) is -0.0542. The second-order valence-electron chi connectivity index (χ2n) is 5.63. The Bertz CT molecular complexity index is 984. The van der Waals surface area contributed by atoms with E-state index in [4.69, 9.17) is 15.2 Å². The van der Waals surface area contributed by atoms with Crippen LogP contribution in [0.4, 0.5) is 21.9 Å². The molecule has 2 aromatic carbocycles. The molecule has 0 unspecified atom stereocenters. The first-order valence-electron chi connectivity index (χ1n) is 8.70. The summed E-state index contributed by atoms with van der Waals surface area (Å²) in [5, 5.41) is 20.8. The number of esters is 1. The highest BCUT2D eigenvalue weighted by Gasteiger charge is 2.14. The van der Waals surface area contributed by atoms with E-state index in [1.807, 2.05) is 0 Å². The van der Waals surface area contributed by atoms with E-state index in [-0.39, 0.29) is 23.5 Å². The van der Waals surface area contributed by atoms with Gasteiger partial charge in [-0.25, -0.2) is 4.79 Å². The van der Waals surface area contributed by atoms with Crippen molar-refractivity contribution in [3.63, 3.8) is 0 Å². The van der Waals surface area contributed by atoms with Crippen molar-refractivity contribution in [2.75, 3.05) is 34.2 Å². The molecule has 2 rings (SSSR count). The van der Waals surface area contributed by atoms with Gasteiger partial charge < -0.3 is 24.7 Å². The molecule has 0 saturated heterocycles. The minimum absolute atomic E-state index is 0.0340. The lowest BCUT2D eigenvalue weighted by Crippen LogP contribution is -2.06. The van der Waals surface area contributed by atoms with Crippen molar-refractivity contribution in [3.05, 3.63) is 62.2 Å². The molecule has 0 heterocycles. The third-order valence-corrected chi connectivity index (χ3v) is 3.78. The van der Waals surface area contributed by atoms with Crippen molar-refractivity contribution in [2.24, 2.45) is 0 Å². The lowest BCUT2D eigenvalue weighted by molar-refractivity contribution is -0.385. The summed E-state index contributed by atoms with van der Waals surface area (Å²) in [6, 6.07) is 8.15. The Morgan fingerprint density at radius 3 is 1.70 bits per heavy atom. The van der Waals surface area contributed by atoms with Crippen LogP contribution in [-0.4, -0.2) is 49.7 Å². The van der Waals surface area contributed by atoms with Gasteiger partial charge in [-0.2, -0.15) is 0 Å².